The Hall–Kier alpha value is -0.870. The molecule has 1 aliphatic rings. The summed E-state index contributed by atoms with van der Waals surface area (Å²) in [5.41, 5.74) is 0.176. The van der Waals surface area contributed by atoms with Crippen LogP contribution in [0.1, 0.15) is 20.3 Å². The molecule has 1 aliphatic heterocycles. The van der Waals surface area contributed by atoms with Crippen molar-refractivity contribution in [2.75, 3.05) is 19.7 Å². The summed E-state index contributed by atoms with van der Waals surface area (Å²) in [5, 5.41) is 11.2. The van der Waals surface area contributed by atoms with Gasteiger partial charge >= 0.3 is 5.97 Å². The van der Waals surface area contributed by atoms with E-state index < -0.39 is 5.97 Å². The number of hydrogen-bond acceptors (Lipinski definition) is 3. The molecule has 1 fully saturated rings. The van der Waals surface area contributed by atoms with E-state index in [1.165, 1.54) is 6.92 Å². The number of hydrogen-bond donors (Lipinski definition) is 2. The first-order valence-electron chi connectivity index (χ1n) is 4.79. The van der Waals surface area contributed by atoms with Crippen LogP contribution in [0, 0.1) is 0 Å². The molecule has 14 heavy (non-hydrogen) atoms. The van der Waals surface area contributed by atoms with Gasteiger partial charge in [0.05, 0.1) is 12.7 Å². The molecule has 0 aromatic carbocycles. The van der Waals surface area contributed by atoms with E-state index in [-0.39, 0.29) is 5.57 Å². The van der Waals surface area contributed by atoms with E-state index >= 15 is 0 Å². The zero-order valence-electron chi connectivity index (χ0n) is 8.88. The average Bonchev–Trinajstić information content (AvgIpc) is 2.20. The van der Waals surface area contributed by atoms with Crippen molar-refractivity contribution in [2.45, 2.75) is 26.4 Å². The predicted octanol–water partition coefficient (Wildman–Crippen LogP) is 1.03. The van der Waals surface area contributed by atoms with Gasteiger partial charge in [0.15, 0.2) is 0 Å². The molecule has 0 aliphatic carbocycles. The summed E-state index contributed by atoms with van der Waals surface area (Å²) in [7, 11) is 0. The molecule has 0 radical (unpaired) electrons. The van der Waals surface area contributed by atoms with Gasteiger partial charge in [-0.2, -0.15) is 0 Å². The maximum absolute atomic E-state index is 9.60. The van der Waals surface area contributed by atoms with E-state index in [0.717, 1.165) is 26.1 Å². The van der Waals surface area contributed by atoms with Crippen LogP contribution in [0.2, 0.25) is 0 Å². The van der Waals surface area contributed by atoms with Crippen LogP contribution in [0.25, 0.3) is 0 Å². The molecule has 1 heterocycles. The van der Waals surface area contributed by atoms with E-state index in [0.29, 0.717) is 6.10 Å². The predicted molar refractivity (Wildman–Crippen MR) is 55.4 cm³/mol. The van der Waals surface area contributed by atoms with Gasteiger partial charge in [-0.1, -0.05) is 13.5 Å². The smallest absolute Gasteiger partial charge is 0.330 e. The first-order chi connectivity index (χ1) is 6.57. The van der Waals surface area contributed by atoms with Crippen molar-refractivity contribution in [3.05, 3.63) is 12.2 Å². The minimum atomic E-state index is -0.935. The quantitative estimate of drug-likeness (QED) is 0.655. The van der Waals surface area contributed by atoms with Crippen LogP contribution in [-0.2, 0) is 9.53 Å². The van der Waals surface area contributed by atoms with Crippen LogP contribution in [0.15, 0.2) is 12.2 Å². The largest absolute Gasteiger partial charge is 0.478 e. The van der Waals surface area contributed by atoms with Gasteiger partial charge in [0.25, 0.3) is 0 Å². The third-order valence-electron chi connectivity index (χ3n) is 1.82. The lowest BCUT2D eigenvalue weighted by Gasteiger charge is -2.21. The Morgan fingerprint density at radius 3 is 2.50 bits per heavy atom. The zero-order valence-corrected chi connectivity index (χ0v) is 8.88. The molecule has 0 aromatic rings. The van der Waals surface area contributed by atoms with Gasteiger partial charge < -0.3 is 15.2 Å². The number of ether oxygens (including phenoxy) is 1. The van der Waals surface area contributed by atoms with Crippen molar-refractivity contribution < 1.29 is 14.6 Å². The molecule has 1 atom stereocenters. The van der Waals surface area contributed by atoms with E-state index in [9.17, 15) is 4.79 Å². The molecule has 1 unspecified atom stereocenters. The number of rotatable bonds is 2. The van der Waals surface area contributed by atoms with Crippen molar-refractivity contribution in [1.29, 1.82) is 0 Å². The Morgan fingerprint density at radius 2 is 2.29 bits per heavy atom. The normalized spacial score (nSPS) is 20.6. The highest BCUT2D eigenvalue weighted by molar-refractivity contribution is 5.84. The van der Waals surface area contributed by atoms with Gasteiger partial charge in [0, 0.05) is 18.7 Å². The Balaban J connectivity index is 0.000000255. The second kappa shape index (κ2) is 7.53. The lowest BCUT2D eigenvalue weighted by molar-refractivity contribution is -0.132. The van der Waals surface area contributed by atoms with Crippen molar-refractivity contribution in [2.24, 2.45) is 0 Å². The maximum Gasteiger partial charge on any atom is 0.330 e. The zero-order chi connectivity index (χ0) is 11.0. The Labute approximate surface area is 85.0 Å². The molecule has 1 rings (SSSR count). The number of aliphatic carboxylic acids is 1. The molecule has 4 heteroatoms. The number of carbonyl (C=O) groups is 1. The molecule has 82 valence electrons. The summed E-state index contributed by atoms with van der Waals surface area (Å²) in [6, 6.07) is 0. The van der Waals surface area contributed by atoms with Gasteiger partial charge in [-0.25, -0.2) is 4.79 Å². The molecule has 0 bridgehead atoms. The molecule has 0 aromatic heterocycles. The highest BCUT2D eigenvalue weighted by Gasteiger charge is 2.08. The Bertz CT molecular complexity index is 174. The van der Waals surface area contributed by atoms with Crippen LogP contribution in [0.3, 0.4) is 0 Å². The van der Waals surface area contributed by atoms with Crippen LogP contribution >= 0.6 is 0 Å². The van der Waals surface area contributed by atoms with Crippen molar-refractivity contribution in [3.63, 3.8) is 0 Å². The Kier molecular flexibility index (Phi) is 7.06. The van der Waals surface area contributed by atoms with Crippen LogP contribution < -0.4 is 5.32 Å². The van der Waals surface area contributed by atoms with E-state index in [4.69, 9.17) is 9.84 Å². The lowest BCUT2D eigenvalue weighted by Crippen LogP contribution is -2.37. The Morgan fingerprint density at radius 1 is 1.71 bits per heavy atom. The van der Waals surface area contributed by atoms with Crippen LogP contribution in [0.5, 0.6) is 0 Å². The van der Waals surface area contributed by atoms with Crippen LogP contribution in [0.4, 0.5) is 0 Å². The molecular formula is C10H19NO3. The summed E-state index contributed by atoms with van der Waals surface area (Å²) >= 11 is 0. The minimum Gasteiger partial charge on any atom is -0.478 e. The summed E-state index contributed by atoms with van der Waals surface area (Å²) in [6.45, 7) is 9.70. The second-order valence-electron chi connectivity index (χ2n) is 3.19. The highest BCUT2D eigenvalue weighted by atomic mass is 16.5. The first kappa shape index (κ1) is 13.1. The maximum atomic E-state index is 9.60. The fourth-order valence-electron chi connectivity index (χ4n) is 0.882. The number of carboxylic acids is 1. The van der Waals surface area contributed by atoms with E-state index in [1.54, 1.807) is 0 Å². The lowest BCUT2D eigenvalue weighted by atomic mass is 10.2. The summed E-state index contributed by atoms with van der Waals surface area (Å²) in [4.78, 5) is 9.60. The second-order valence-corrected chi connectivity index (χ2v) is 3.19. The van der Waals surface area contributed by atoms with E-state index in [1.807, 2.05) is 0 Å². The standard InChI is InChI=1S/C6H13NO.C4H6O2/c1-2-6-5-7-3-4-8-6;1-3(2)4(5)6/h6-7H,2-5H2,1H3;1H2,2H3,(H,5,6). The highest BCUT2D eigenvalue weighted by Crippen LogP contribution is 1.98. The third kappa shape index (κ3) is 6.62. The average molecular weight is 201 g/mol. The third-order valence-corrected chi connectivity index (χ3v) is 1.82. The summed E-state index contributed by atoms with van der Waals surface area (Å²) in [6.07, 6.45) is 1.61. The number of carboxylic acid groups (broad SMARTS) is 1. The fourth-order valence-corrected chi connectivity index (χ4v) is 0.882. The van der Waals surface area contributed by atoms with Crippen molar-refractivity contribution in [3.8, 4) is 0 Å². The van der Waals surface area contributed by atoms with Gasteiger partial charge in [-0.15, -0.1) is 0 Å². The minimum absolute atomic E-state index is 0.176. The SMILES string of the molecule is C=C(C)C(=O)O.CCC1CNCCO1. The number of morpholine rings is 1. The van der Waals surface area contributed by atoms with Crippen LogP contribution in [-0.4, -0.2) is 36.9 Å². The topological polar surface area (TPSA) is 58.6 Å². The van der Waals surface area contributed by atoms with Gasteiger partial charge in [0.1, 0.15) is 0 Å². The van der Waals surface area contributed by atoms with Crippen molar-refractivity contribution in [1.82, 2.24) is 5.32 Å². The molecular weight excluding hydrogens is 182 g/mol. The molecule has 0 spiro atoms. The monoisotopic (exact) mass is 201 g/mol. The molecule has 4 nitrogen and oxygen atoms in total. The summed E-state index contributed by atoms with van der Waals surface area (Å²) in [5.74, 6) is -0.935. The van der Waals surface area contributed by atoms with Gasteiger partial charge in [0.2, 0.25) is 0 Å². The number of nitrogens with one attached hydrogen (secondary N) is 1. The van der Waals surface area contributed by atoms with Gasteiger partial charge in [-0.05, 0) is 13.3 Å². The molecule has 1 saturated heterocycles. The summed E-state index contributed by atoms with van der Waals surface area (Å²) < 4.78 is 5.36. The van der Waals surface area contributed by atoms with Gasteiger partial charge in [-0.3, -0.25) is 0 Å². The fraction of sp³-hybridized carbons (Fsp3) is 0.700. The molecule has 2 N–H and O–H groups in total. The first-order valence-corrected chi connectivity index (χ1v) is 4.79. The van der Waals surface area contributed by atoms with Crippen molar-refractivity contribution >= 4 is 5.97 Å². The van der Waals surface area contributed by atoms with E-state index in [2.05, 4.69) is 18.8 Å². The molecule has 0 amide bonds. The molecule has 0 saturated carbocycles.